The summed E-state index contributed by atoms with van der Waals surface area (Å²) < 4.78 is 0. The van der Waals surface area contributed by atoms with Gasteiger partial charge in [-0.2, -0.15) is 0 Å². The molecular weight excluding hydrogens is 254 g/mol. The van der Waals surface area contributed by atoms with Gasteiger partial charge in [-0.3, -0.25) is 4.99 Å². The summed E-state index contributed by atoms with van der Waals surface area (Å²) in [5.74, 6) is 0. The van der Waals surface area contributed by atoms with E-state index in [2.05, 4.69) is 13.8 Å². The zero-order chi connectivity index (χ0) is 15.2. The first kappa shape index (κ1) is 18.7. The minimum Gasteiger partial charge on any atom is -0.291 e. The van der Waals surface area contributed by atoms with Crippen LogP contribution < -0.4 is 0 Å². The highest BCUT2D eigenvalue weighted by molar-refractivity contribution is 5.84. The Morgan fingerprint density at radius 3 is 1.95 bits per heavy atom. The van der Waals surface area contributed by atoms with Crippen LogP contribution in [-0.4, -0.2) is 11.8 Å². The van der Waals surface area contributed by atoms with E-state index in [0.29, 0.717) is 6.04 Å². The molecule has 0 aromatic carbocycles. The predicted molar refractivity (Wildman–Crippen MR) is 96.4 cm³/mol. The first-order valence-electron chi connectivity index (χ1n) is 9.92. The second kappa shape index (κ2) is 13.3. The number of hydrogen-bond acceptors (Lipinski definition) is 1. The minimum absolute atomic E-state index is 0.653. The third kappa shape index (κ3) is 10.1. The summed E-state index contributed by atoms with van der Waals surface area (Å²) in [7, 11) is 0. The van der Waals surface area contributed by atoms with Crippen LogP contribution in [0.3, 0.4) is 0 Å². The molecule has 0 heterocycles. The van der Waals surface area contributed by atoms with Crippen molar-refractivity contribution in [3.8, 4) is 0 Å². The topological polar surface area (TPSA) is 12.4 Å². The van der Waals surface area contributed by atoms with Gasteiger partial charge in [-0.15, -0.1) is 0 Å². The third-order valence-corrected chi connectivity index (χ3v) is 4.80. The van der Waals surface area contributed by atoms with Crippen LogP contribution in [0, 0.1) is 0 Å². The molecule has 1 aliphatic rings. The molecule has 0 aromatic rings. The monoisotopic (exact) mass is 293 g/mol. The molecule has 1 fully saturated rings. The van der Waals surface area contributed by atoms with Gasteiger partial charge in [0.25, 0.3) is 0 Å². The maximum absolute atomic E-state index is 5.20. The van der Waals surface area contributed by atoms with Crippen molar-refractivity contribution in [1.29, 1.82) is 0 Å². The zero-order valence-corrected chi connectivity index (χ0v) is 14.8. The van der Waals surface area contributed by atoms with E-state index in [1.165, 1.54) is 103 Å². The Hall–Kier alpha value is -0.330. The molecule has 1 nitrogen and oxygen atoms in total. The molecule has 124 valence electrons. The molecule has 0 saturated heterocycles. The Morgan fingerprint density at radius 2 is 1.33 bits per heavy atom. The van der Waals surface area contributed by atoms with Crippen molar-refractivity contribution < 1.29 is 0 Å². The van der Waals surface area contributed by atoms with Gasteiger partial charge in [0.2, 0.25) is 0 Å². The summed E-state index contributed by atoms with van der Waals surface area (Å²) in [6.45, 7) is 4.59. The summed E-state index contributed by atoms with van der Waals surface area (Å²) in [5.41, 5.74) is 1.54. The van der Waals surface area contributed by atoms with Crippen LogP contribution in [0.5, 0.6) is 0 Å². The average Bonchev–Trinajstić information content (AvgIpc) is 2.61. The van der Waals surface area contributed by atoms with Gasteiger partial charge in [0.1, 0.15) is 0 Å². The average molecular weight is 294 g/mol. The molecule has 1 rings (SSSR count). The molecule has 0 bridgehead atoms. The lowest BCUT2D eigenvalue weighted by atomic mass is 10.0. The van der Waals surface area contributed by atoms with E-state index in [1.807, 2.05) is 0 Å². The predicted octanol–water partition coefficient (Wildman–Crippen LogP) is 7.09. The molecule has 0 spiro atoms. The Balaban J connectivity index is 2.38. The normalized spacial score (nSPS) is 19.0. The molecule has 0 unspecified atom stereocenters. The van der Waals surface area contributed by atoms with Crippen LogP contribution in [0.15, 0.2) is 4.99 Å². The van der Waals surface area contributed by atoms with Gasteiger partial charge in [-0.05, 0) is 32.1 Å². The van der Waals surface area contributed by atoms with E-state index in [0.717, 1.165) is 0 Å². The third-order valence-electron chi connectivity index (χ3n) is 4.80. The Labute approximate surface area is 134 Å². The standard InChI is InChI=1S/C20H39N/c1-3-5-6-9-12-16-19(15-4-2)21-20-17-13-10-7-8-11-14-18-20/h20H,3-18H2,1-2H3. The van der Waals surface area contributed by atoms with Crippen molar-refractivity contribution in [2.24, 2.45) is 4.99 Å². The smallest absolute Gasteiger partial charge is 0.0499 e. The van der Waals surface area contributed by atoms with Crippen LogP contribution in [-0.2, 0) is 0 Å². The Bertz CT molecular complexity index is 247. The molecule has 1 aliphatic carbocycles. The van der Waals surface area contributed by atoms with Gasteiger partial charge < -0.3 is 0 Å². The Morgan fingerprint density at radius 1 is 0.714 bits per heavy atom. The summed E-state index contributed by atoms with van der Waals surface area (Å²) in [5, 5.41) is 0. The van der Waals surface area contributed by atoms with Gasteiger partial charge in [-0.1, -0.05) is 84.5 Å². The summed E-state index contributed by atoms with van der Waals surface area (Å²) in [4.78, 5) is 5.20. The van der Waals surface area contributed by atoms with Crippen molar-refractivity contribution in [3.05, 3.63) is 0 Å². The van der Waals surface area contributed by atoms with Crippen LogP contribution >= 0.6 is 0 Å². The van der Waals surface area contributed by atoms with Crippen LogP contribution in [0.4, 0.5) is 0 Å². The first-order chi connectivity index (χ1) is 10.4. The van der Waals surface area contributed by atoms with E-state index in [9.17, 15) is 0 Å². The van der Waals surface area contributed by atoms with Crippen molar-refractivity contribution in [2.75, 3.05) is 0 Å². The molecule has 1 saturated carbocycles. The van der Waals surface area contributed by atoms with Crippen LogP contribution in [0.2, 0.25) is 0 Å². The summed E-state index contributed by atoms with van der Waals surface area (Å²) in [6.07, 6.45) is 22.0. The van der Waals surface area contributed by atoms with Crippen molar-refractivity contribution in [3.63, 3.8) is 0 Å². The summed E-state index contributed by atoms with van der Waals surface area (Å²) >= 11 is 0. The molecule has 0 radical (unpaired) electrons. The fourth-order valence-corrected chi connectivity index (χ4v) is 3.47. The van der Waals surface area contributed by atoms with E-state index in [4.69, 9.17) is 4.99 Å². The number of unbranched alkanes of at least 4 members (excludes halogenated alkanes) is 4. The highest BCUT2D eigenvalue weighted by Gasteiger charge is 2.10. The quantitative estimate of drug-likeness (QED) is 0.318. The van der Waals surface area contributed by atoms with E-state index < -0.39 is 0 Å². The Kier molecular flexibility index (Phi) is 11.9. The molecular formula is C20H39N. The lowest BCUT2D eigenvalue weighted by Gasteiger charge is -2.14. The number of hydrogen-bond donors (Lipinski definition) is 0. The molecule has 0 atom stereocenters. The molecule has 0 aliphatic heterocycles. The van der Waals surface area contributed by atoms with Gasteiger partial charge >= 0.3 is 0 Å². The SMILES string of the molecule is CCCCCCCC(CCC)=NC1CCCCCCCC1. The van der Waals surface area contributed by atoms with Gasteiger partial charge in [-0.25, -0.2) is 0 Å². The van der Waals surface area contributed by atoms with E-state index in [-0.39, 0.29) is 0 Å². The maximum Gasteiger partial charge on any atom is 0.0499 e. The van der Waals surface area contributed by atoms with Gasteiger partial charge in [0.05, 0.1) is 0 Å². The van der Waals surface area contributed by atoms with Crippen LogP contribution in [0.25, 0.3) is 0 Å². The number of aliphatic imine (C=N–C) groups is 1. The minimum atomic E-state index is 0.653. The zero-order valence-electron chi connectivity index (χ0n) is 14.8. The largest absolute Gasteiger partial charge is 0.291 e. The molecule has 21 heavy (non-hydrogen) atoms. The van der Waals surface area contributed by atoms with Crippen molar-refractivity contribution >= 4 is 5.71 Å². The highest BCUT2D eigenvalue weighted by Crippen LogP contribution is 2.20. The lowest BCUT2D eigenvalue weighted by molar-refractivity contribution is 0.532. The second-order valence-electron chi connectivity index (χ2n) is 6.96. The molecule has 0 N–H and O–H groups in total. The second-order valence-corrected chi connectivity index (χ2v) is 6.96. The molecule has 0 aromatic heterocycles. The van der Waals surface area contributed by atoms with Gasteiger partial charge in [0, 0.05) is 11.8 Å². The van der Waals surface area contributed by atoms with E-state index >= 15 is 0 Å². The van der Waals surface area contributed by atoms with Crippen molar-refractivity contribution in [1.82, 2.24) is 0 Å². The fourth-order valence-electron chi connectivity index (χ4n) is 3.47. The van der Waals surface area contributed by atoms with E-state index in [1.54, 1.807) is 5.71 Å². The lowest BCUT2D eigenvalue weighted by Crippen LogP contribution is -2.09. The maximum atomic E-state index is 5.20. The molecule has 1 heteroatoms. The fraction of sp³-hybridized carbons (Fsp3) is 0.950. The number of rotatable bonds is 9. The van der Waals surface area contributed by atoms with Crippen LogP contribution in [0.1, 0.15) is 117 Å². The first-order valence-corrected chi connectivity index (χ1v) is 9.92. The summed E-state index contributed by atoms with van der Waals surface area (Å²) in [6, 6.07) is 0.653. The van der Waals surface area contributed by atoms with Crippen molar-refractivity contribution in [2.45, 2.75) is 123 Å². The highest BCUT2D eigenvalue weighted by atomic mass is 14.8. The molecule has 0 amide bonds. The van der Waals surface area contributed by atoms with Gasteiger partial charge in [0.15, 0.2) is 0 Å². The number of nitrogens with zero attached hydrogens (tertiary/aromatic N) is 1.